The van der Waals surface area contributed by atoms with E-state index in [4.69, 9.17) is 28.6 Å². The van der Waals surface area contributed by atoms with Gasteiger partial charge in [-0.25, -0.2) is 4.98 Å². The summed E-state index contributed by atoms with van der Waals surface area (Å²) in [5, 5.41) is 24.8. The van der Waals surface area contributed by atoms with E-state index >= 15 is 0 Å². The molecule has 0 aliphatic rings. The first-order valence-corrected chi connectivity index (χ1v) is 10.1. The number of hydrogen-bond acceptors (Lipinski definition) is 6. The number of aromatic nitrogens is 1. The Morgan fingerprint density at radius 3 is 2.59 bits per heavy atom. The molecule has 0 spiro atoms. The van der Waals surface area contributed by atoms with Crippen molar-refractivity contribution in [3.05, 3.63) is 70.5 Å². The summed E-state index contributed by atoms with van der Waals surface area (Å²) in [5.41, 5.74) is 0.673. The predicted octanol–water partition coefficient (Wildman–Crippen LogP) is 4.54. The molecule has 0 bridgehead atoms. The third kappa shape index (κ3) is 6.41. The average Bonchev–Trinajstić information content (AvgIpc) is 2.73. The second kappa shape index (κ2) is 11.1. The molecular weight excluding hydrogens is 451 g/mol. The molecule has 1 heterocycles. The highest BCUT2D eigenvalue weighted by atomic mass is 35.5. The van der Waals surface area contributed by atoms with Gasteiger partial charge >= 0.3 is 0 Å². The minimum Gasteiger partial charge on any atom is -0.350 e. The van der Waals surface area contributed by atoms with E-state index in [9.17, 15) is 14.9 Å². The Morgan fingerprint density at radius 1 is 1.31 bits per heavy atom. The van der Waals surface area contributed by atoms with Gasteiger partial charge < -0.3 is 16.0 Å². The molecule has 4 N–H and O–H groups in total. The summed E-state index contributed by atoms with van der Waals surface area (Å²) in [4.78, 5) is 29.9. The molecule has 0 aliphatic heterocycles. The summed E-state index contributed by atoms with van der Waals surface area (Å²) >= 11 is 11.8. The van der Waals surface area contributed by atoms with E-state index in [-0.39, 0.29) is 39.4 Å². The highest BCUT2D eigenvalue weighted by Crippen LogP contribution is 2.26. The Kier molecular flexibility index (Phi) is 8.53. The minimum atomic E-state index is -0.719. The molecule has 1 aromatic carbocycles. The third-order valence-electron chi connectivity index (χ3n) is 3.95. The number of amides is 2. The number of halogens is 2. The fourth-order valence-corrected chi connectivity index (χ4v) is 2.90. The number of allylic oxidation sites excluding steroid dienone is 1. The van der Waals surface area contributed by atoms with Crippen LogP contribution in [0.5, 0.6) is 0 Å². The van der Waals surface area contributed by atoms with E-state index < -0.39 is 17.0 Å². The predicted molar refractivity (Wildman–Crippen MR) is 127 cm³/mol. The Bertz CT molecular complexity index is 1150. The van der Waals surface area contributed by atoms with Gasteiger partial charge in [0.2, 0.25) is 0 Å². The average molecular weight is 471 g/mol. The Hall–Kier alpha value is -3.67. The molecule has 0 saturated carbocycles. The molecule has 0 radical (unpaired) electrons. The topological polar surface area (TPSA) is 131 Å². The highest BCUT2D eigenvalue weighted by Gasteiger charge is 2.21. The van der Waals surface area contributed by atoms with Gasteiger partial charge in [-0.1, -0.05) is 35.9 Å². The van der Waals surface area contributed by atoms with Gasteiger partial charge in [-0.3, -0.25) is 15.0 Å². The number of nitriles is 1. The fraction of sp³-hybridized carbons (Fsp3) is 0.136. The number of nitrogens with zero attached hydrogens (tertiary/aromatic N) is 2. The van der Waals surface area contributed by atoms with E-state index in [1.54, 1.807) is 26.0 Å². The largest absolute Gasteiger partial charge is 0.350 e. The van der Waals surface area contributed by atoms with Crippen LogP contribution in [0.1, 0.15) is 35.3 Å². The maximum atomic E-state index is 13.1. The lowest BCUT2D eigenvalue weighted by atomic mass is 10.0. The zero-order valence-electron chi connectivity index (χ0n) is 17.3. The quantitative estimate of drug-likeness (QED) is 0.332. The lowest BCUT2D eigenvalue weighted by Gasteiger charge is -2.17. The molecule has 0 aliphatic carbocycles. The van der Waals surface area contributed by atoms with Crippen molar-refractivity contribution in [2.75, 3.05) is 10.6 Å². The summed E-state index contributed by atoms with van der Waals surface area (Å²) in [6, 6.07) is 7.86. The van der Waals surface area contributed by atoms with Gasteiger partial charge in [-0.15, -0.1) is 0 Å². The maximum absolute atomic E-state index is 13.1. The van der Waals surface area contributed by atoms with Crippen molar-refractivity contribution in [2.45, 2.75) is 19.9 Å². The van der Waals surface area contributed by atoms with E-state index in [1.807, 2.05) is 6.07 Å². The number of carbonyl (C=O) groups excluding carboxylic acids is 2. The van der Waals surface area contributed by atoms with Crippen LogP contribution in [0.2, 0.25) is 5.02 Å². The summed E-state index contributed by atoms with van der Waals surface area (Å²) < 4.78 is 0. The first-order valence-electron chi connectivity index (χ1n) is 9.32. The second-order valence-corrected chi connectivity index (χ2v) is 7.57. The fourth-order valence-electron chi connectivity index (χ4n) is 2.62. The number of rotatable bonds is 8. The van der Waals surface area contributed by atoms with Gasteiger partial charge in [-0.05, 0) is 43.7 Å². The van der Waals surface area contributed by atoms with Crippen molar-refractivity contribution in [3.8, 4) is 6.07 Å². The zero-order chi connectivity index (χ0) is 23.8. The summed E-state index contributed by atoms with van der Waals surface area (Å²) in [7, 11) is 0. The van der Waals surface area contributed by atoms with E-state index in [1.165, 1.54) is 24.4 Å². The second-order valence-electron chi connectivity index (χ2n) is 6.75. The van der Waals surface area contributed by atoms with E-state index in [0.29, 0.717) is 5.56 Å². The van der Waals surface area contributed by atoms with Crippen LogP contribution in [0.15, 0.2) is 48.8 Å². The van der Waals surface area contributed by atoms with Gasteiger partial charge in [0.1, 0.15) is 16.7 Å². The molecule has 2 rings (SSSR count). The Balaban J connectivity index is 2.52. The number of carbonyl (C=O) groups is 2. The number of hydrogen-bond donors (Lipinski definition) is 4. The number of nitrogens with one attached hydrogen (secondary N) is 4. The molecule has 32 heavy (non-hydrogen) atoms. The van der Waals surface area contributed by atoms with Crippen LogP contribution in [-0.2, 0) is 4.79 Å². The lowest BCUT2D eigenvalue weighted by Crippen LogP contribution is -2.31. The van der Waals surface area contributed by atoms with Gasteiger partial charge in [-0.2, -0.15) is 5.26 Å². The van der Waals surface area contributed by atoms with Gasteiger partial charge in [0, 0.05) is 18.3 Å². The molecule has 2 aromatic rings. The summed E-state index contributed by atoms with van der Waals surface area (Å²) in [6.45, 7) is 7.27. The maximum Gasteiger partial charge on any atom is 0.272 e. The molecule has 0 saturated heterocycles. The number of anilines is 2. The van der Waals surface area contributed by atoms with Crippen LogP contribution in [-0.4, -0.2) is 28.0 Å². The molecule has 1 aromatic heterocycles. The van der Waals surface area contributed by atoms with Crippen molar-refractivity contribution < 1.29 is 9.59 Å². The summed E-state index contributed by atoms with van der Waals surface area (Å²) in [6.07, 6.45) is 3.96. The third-order valence-corrected chi connectivity index (χ3v) is 4.36. The Labute approximate surface area is 195 Å². The van der Waals surface area contributed by atoms with Crippen LogP contribution in [0.3, 0.4) is 0 Å². The Morgan fingerprint density at radius 2 is 2.03 bits per heavy atom. The van der Waals surface area contributed by atoms with Crippen molar-refractivity contribution in [2.24, 2.45) is 0 Å². The highest BCUT2D eigenvalue weighted by molar-refractivity contribution is 6.67. The molecule has 0 fully saturated rings. The van der Waals surface area contributed by atoms with E-state index in [0.717, 1.165) is 6.08 Å². The van der Waals surface area contributed by atoms with Gasteiger partial charge in [0.05, 0.1) is 27.9 Å². The molecule has 2 amide bonds. The van der Waals surface area contributed by atoms with Crippen LogP contribution < -0.4 is 16.0 Å². The van der Waals surface area contributed by atoms with Crippen LogP contribution in [0.4, 0.5) is 11.5 Å². The molecular formula is C22H20Cl2N6O2. The smallest absolute Gasteiger partial charge is 0.272 e. The lowest BCUT2D eigenvalue weighted by molar-refractivity contribution is -0.112. The minimum absolute atomic E-state index is 0.0807. The number of benzene rings is 1. The van der Waals surface area contributed by atoms with Crippen molar-refractivity contribution in [1.29, 1.82) is 10.7 Å². The number of pyridine rings is 1. The molecule has 10 heteroatoms. The standard InChI is InChI=1S/C22H20Cl2N6O2/c1-4-14-8-13(11-25)9-15(21(31)28-12(2)3)19(14)30-22(32)17(10-18(24)26)29-20-16(23)6-5-7-27-20/h4-10,12,26H,1H2,2-3H3,(H,27,29)(H,28,31)(H,30,32)/b17-10-,26-18?. The first-order chi connectivity index (χ1) is 15.2. The van der Waals surface area contributed by atoms with Crippen molar-refractivity contribution in [1.82, 2.24) is 10.3 Å². The zero-order valence-corrected chi connectivity index (χ0v) is 18.8. The van der Waals surface area contributed by atoms with Gasteiger partial charge in [0.25, 0.3) is 11.8 Å². The SMILES string of the molecule is C=Cc1cc(C#N)cc(C(=O)NC(C)C)c1NC(=O)/C(=C/C(=N)Cl)Nc1ncccc1Cl. The first kappa shape index (κ1) is 24.6. The molecule has 164 valence electrons. The normalized spacial score (nSPS) is 10.8. The molecule has 0 unspecified atom stereocenters. The molecule has 8 nitrogen and oxygen atoms in total. The van der Waals surface area contributed by atoms with Crippen LogP contribution >= 0.6 is 23.2 Å². The van der Waals surface area contributed by atoms with Gasteiger partial charge in [0.15, 0.2) is 0 Å². The summed E-state index contributed by atoms with van der Waals surface area (Å²) in [5.74, 6) is -1.02. The van der Waals surface area contributed by atoms with E-state index in [2.05, 4.69) is 27.5 Å². The molecule has 0 atom stereocenters. The van der Waals surface area contributed by atoms with Crippen molar-refractivity contribution in [3.63, 3.8) is 0 Å². The van der Waals surface area contributed by atoms with Crippen molar-refractivity contribution >= 4 is 57.8 Å². The van der Waals surface area contributed by atoms with Crippen LogP contribution in [0.25, 0.3) is 6.08 Å². The van der Waals surface area contributed by atoms with Crippen LogP contribution in [0, 0.1) is 16.7 Å². The monoisotopic (exact) mass is 470 g/mol.